The molecule has 1 atom stereocenters. The van der Waals surface area contributed by atoms with Crippen LogP contribution in [0.2, 0.25) is 0 Å². The molecule has 4 nitrogen and oxygen atoms in total. The number of ether oxygens (including phenoxy) is 2. The summed E-state index contributed by atoms with van der Waals surface area (Å²) >= 11 is 0. The van der Waals surface area contributed by atoms with Crippen LogP contribution in [-0.2, 0) is 4.79 Å². The molecule has 0 fully saturated rings. The van der Waals surface area contributed by atoms with Crippen LogP contribution >= 0.6 is 0 Å². The first-order valence-corrected chi connectivity index (χ1v) is 7.59. The second kappa shape index (κ2) is 8.29. The molecule has 128 valence electrons. The van der Waals surface area contributed by atoms with E-state index in [0.717, 1.165) is 23.4 Å². The molecular formula is C18H19F2NO3. The van der Waals surface area contributed by atoms with Crippen LogP contribution in [0.4, 0.5) is 8.78 Å². The largest absolute Gasteiger partial charge is 0.494 e. The maximum Gasteiger partial charge on any atom is 0.258 e. The summed E-state index contributed by atoms with van der Waals surface area (Å²) in [6, 6.07) is 10.0. The van der Waals surface area contributed by atoms with E-state index in [9.17, 15) is 13.6 Å². The normalized spacial score (nSPS) is 11.7. The highest BCUT2D eigenvalue weighted by Gasteiger charge is 2.12. The molecule has 0 aliphatic carbocycles. The van der Waals surface area contributed by atoms with Crippen LogP contribution in [-0.4, -0.2) is 19.1 Å². The molecule has 0 saturated heterocycles. The lowest BCUT2D eigenvalue weighted by molar-refractivity contribution is -0.123. The van der Waals surface area contributed by atoms with Gasteiger partial charge in [0.05, 0.1) is 12.6 Å². The van der Waals surface area contributed by atoms with Gasteiger partial charge in [-0.05, 0) is 43.7 Å². The molecule has 0 bridgehead atoms. The summed E-state index contributed by atoms with van der Waals surface area (Å²) in [6.45, 7) is 3.96. The van der Waals surface area contributed by atoms with E-state index < -0.39 is 17.5 Å². The van der Waals surface area contributed by atoms with Crippen molar-refractivity contribution in [3.05, 3.63) is 59.7 Å². The van der Waals surface area contributed by atoms with Crippen LogP contribution in [0.3, 0.4) is 0 Å². The molecule has 0 heterocycles. The third-order valence-corrected chi connectivity index (χ3v) is 3.32. The molecule has 0 aliphatic heterocycles. The number of halogens is 2. The zero-order valence-electron chi connectivity index (χ0n) is 13.5. The van der Waals surface area contributed by atoms with Crippen molar-refractivity contribution in [3.8, 4) is 11.5 Å². The molecule has 1 amide bonds. The predicted octanol–water partition coefficient (Wildman–Crippen LogP) is 3.62. The summed E-state index contributed by atoms with van der Waals surface area (Å²) in [6.07, 6.45) is 0. The van der Waals surface area contributed by atoms with Crippen LogP contribution in [0.1, 0.15) is 25.5 Å². The molecule has 1 N–H and O–H groups in total. The molecule has 2 rings (SSSR count). The number of nitrogens with one attached hydrogen (secondary N) is 1. The molecule has 2 aromatic carbocycles. The average Bonchev–Trinajstić information content (AvgIpc) is 2.55. The molecule has 0 unspecified atom stereocenters. The highest BCUT2D eigenvalue weighted by Crippen LogP contribution is 2.19. The van der Waals surface area contributed by atoms with Gasteiger partial charge in [0.15, 0.2) is 18.2 Å². The molecule has 6 heteroatoms. The van der Waals surface area contributed by atoms with Crippen molar-refractivity contribution < 1.29 is 23.0 Å². The van der Waals surface area contributed by atoms with Gasteiger partial charge in [0.1, 0.15) is 11.6 Å². The first-order chi connectivity index (χ1) is 11.5. The highest BCUT2D eigenvalue weighted by molar-refractivity contribution is 5.78. The van der Waals surface area contributed by atoms with Crippen LogP contribution in [0, 0.1) is 11.6 Å². The number of hydrogen-bond acceptors (Lipinski definition) is 3. The van der Waals surface area contributed by atoms with Gasteiger partial charge in [-0.3, -0.25) is 4.79 Å². The lowest BCUT2D eigenvalue weighted by Crippen LogP contribution is -2.31. The van der Waals surface area contributed by atoms with E-state index in [4.69, 9.17) is 9.47 Å². The molecule has 24 heavy (non-hydrogen) atoms. The Hall–Kier alpha value is -2.63. The van der Waals surface area contributed by atoms with Crippen molar-refractivity contribution in [3.63, 3.8) is 0 Å². The fourth-order valence-electron chi connectivity index (χ4n) is 2.12. The molecule has 2 aromatic rings. The van der Waals surface area contributed by atoms with E-state index in [1.54, 1.807) is 0 Å². The Labute approximate surface area is 139 Å². The zero-order chi connectivity index (χ0) is 17.5. The maximum atomic E-state index is 13.4. The summed E-state index contributed by atoms with van der Waals surface area (Å²) < 4.78 is 36.6. The molecular weight excluding hydrogens is 316 g/mol. The van der Waals surface area contributed by atoms with E-state index >= 15 is 0 Å². The van der Waals surface area contributed by atoms with E-state index in [1.807, 2.05) is 38.1 Å². The fraction of sp³-hybridized carbons (Fsp3) is 0.278. The van der Waals surface area contributed by atoms with Gasteiger partial charge in [0, 0.05) is 6.07 Å². The van der Waals surface area contributed by atoms with Gasteiger partial charge in [0.25, 0.3) is 5.91 Å². The summed E-state index contributed by atoms with van der Waals surface area (Å²) in [5.41, 5.74) is 0.903. The Balaban J connectivity index is 1.87. The Kier molecular flexibility index (Phi) is 6.12. The summed E-state index contributed by atoms with van der Waals surface area (Å²) in [5.74, 6) is -1.36. The third-order valence-electron chi connectivity index (χ3n) is 3.32. The van der Waals surface area contributed by atoms with Gasteiger partial charge >= 0.3 is 0 Å². The van der Waals surface area contributed by atoms with Gasteiger partial charge in [-0.15, -0.1) is 0 Å². The number of rotatable bonds is 7. The molecule has 0 aromatic heterocycles. The molecule has 0 spiro atoms. The standard InChI is InChI=1S/C18H19F2NO3/c1-3-23-15-7-4-13(5-8-15)12(2)21-18(22)11-24-17-9-6-14(19)10-16(17)20/h4-10,12H,3,11H2,1-2H3,(H,21,22)/t12-/m0/s1. The van der Waals surface area contributed by atoms with Gasteiger partial charge in [-0.2, -0.15) is 0 Å². The van der Waals surface area contributed by atoms with E-state index in [1.165, 1.54) is 0 Å². The van der Waals surface area contributed by atoms with Crippen LogP contribution in [0.25, 0.3) is 0 Å². The first kappa shape index (κ1) is 17.7. The second-order valence-electron chi connectivity index (χ2n) is 5.15. The summed E-state index contributed by atoms with van der Waals surface area (Å²) in [7, 11) is 0. The van der Waals surface area contributed by atoms with Gasteiger partial charge in [-0.1, -0.05) is 12.1 Å². The highest BCUT2D eigenvalue weighted by atomic mass is 19.1. The fourth-order valence-corrected chi connectivity index (χ4v) is 2.12. The summed E-state index contributed by atoms with van der Waals surface area (Å²) in [4.78, 5) is 11.9. The number of amides is 1. The third kappa shape index (κ3) is 4.94. The molecule has 0 saturated carbocycles. The van der Waals surface area contributed by atoms with E-state index in [-0.39, 0.29) is 18.4 Å². The Morgan fingerprint density at radius 1 is 1.12 bits per heavy atom. The second-order valence-corrected chi connectivity index (χ2v) is 5.15. The quantitative estimate of drug-likeness (QED) is 0.841. The SMILES string of the molecule is CCOc1ccc([C@H](C)NC(=O)COc2ccc(F)cc2F)cc1. The number of hydrogen-bond donors (Lipinski definition) is 1. The molecule has 0 radical (unpaired) electrons. The van der Waals surface area contributed by atoms with Gasteiger partial charge < -0.3 is 14.8 Å². The van der Waals surface area contributed by atoms with Crippen molar-refractivity contribution in [2.45, 2.75) is 19.9 Å². The summed E-state index contributed by atoms with van der Waals surface area (Å²) in [5, 5.41) is 2.75. The van der Waals surface area contributed by atoms with Crippen molar-refractivity contribution >= 4 is 5.91 Å². The average molecular weight is 335 g/mol. The maximum absolute atomic E-state index is 13.4. The number of carbonyl (C=O) groups is 1. The lowest BCUT2D eigenvalue weighted by atomic mass is 10.1. The predicted molar refractivity (Wildman–Crippen MR) is 86.0 cm³/mol. The minimum Gasteiger partial charge on any atom is -0.494 e. The van der Waals surface area contributed by atoms with Crippen LogP contribution < -0.4 is 14.8 Å². The minimum atomic E-state index is -0.845. The smallest absolute Gasteiger partial charge is 0.258 e. The van der Waals surface area contributed by atoms with E-state index in [2.05, 4.69) is 5.32 Å². The molecule has 0 aliphatic rings. The van der Waals surface area contributed by atoms with Crippen LogP contribution in [0.5, 0.6) is 11.5 Å². The lowest BCUT2D eigenvalue weighted by Gasteiger charge is -2.15. The topological polar surface area (TPSA) is 47.6 Å². The number of carbonyl (C=O) groups excluding carboxylic acids is 1. The van der Waals surface area contributed by atoms with Crippen molar-refractivity contribution in [1.82, 2.24) is 5.32 Å². The van der Waals surface area contributed by atoms with Crippen molar-refractivity contribution in [2.24, 2.45) is 0 Å². The number of benzene rings is 2. The van der Waals surface area contributed by atoms with Crippen LogP contribution in [0.15, 0.2) is 42.5 Å². The van der Waals surface area contributed by atoms with Crippen molar-refractivity contribution in [1.29, 1.82) is 0 Å². The zero-order valence-corrected chi connectivity index (χ0v) is 13.5. The Morgan fingerprint density at radius 2 is 1.83 bits per heavy atom. The Morgan fingerprint density at radius 3 is 2.46 bits per heavy atom. The van der Waals surface area contributed by atoms with Crippen molar-refractivity contribution in [2.75, 3.05) is 13.2 Å². The first-order valence-electron chi connectivity index (χ1n) is 7.59. The van der Waals surface area contributed by atoms with Gasteiger partial charge in [-0.25, -0.2) is 8.78 Å². The Bertz CT molecular complexity index is 689. The minimum absolute atomic E-state index is 0.166. The monoisotopic (exact) mass is 335 g/mol. The van der Waals surface area contributed by atoms with E-state index in [0.29, 0.717) is 12.7 Å². The van der Waals surface area contributed by atoms with Gasteiger partial charge in [0.2, 0.25) is 0 Å².